The molecule has 0 aliphatic carbocycles. The molecule has 2 aromatic carbocycles. The Kier molecular flexibility index (Phi) is 4.25. The standard InChI is InChI=1S/C14H14N4O3S/c1-9-3-5-12(6-4-9)22(20,21)17-11-7-10(2)14(19)13(8-11)16-18-15/h3-8,17,19H,1-2H3. The van der Waals surface area contributed by atoms with E-state index >= 15 is 0 Å². The molecule has 0 unspecified atom stereocenters. The van der Waals surface area contributed by atoms with E-state index in [0.29, 0.717) is 5.56 Å². The minimum atomic E-state index is -3.76. The highest BCUT2D eigenvalue weighted by Gasteiger charge is 2.15. The molecule has 8 heteroatoms. The van der Waals surface area contributed by atoms with Crippen molar-refractivity contribution >= 4 is 21.4 Å². The Hall–Kier alpha value is -2.70. The second-order valence-electron chi connectivity index (χ2n) is 4.77. The monoisotopic (exact) mass is 318 g/mol. The molecule has 2 aromatic rings. The van der Waals surface area contributed by atoms with Crippen molar-refractivity contribution in [1.29, 1.82) is 0 Å². The number of benzene rings is 2. The maximum atomic E-state index is 12.3. The van der Waals surface area contributed by atoms with Gasteiger partial charge in [-0.05, 0) is 49.2 Å². The summed E-state index contributed by atoms with van der Waals surface area (Å²) in [6.07, 6.45) is 0. The Morgan fingerprint density at radius 3 is 2.41 bits per heavy atom. The number of aryl methyl sites for hydroxylation is 2. The van der Waals surface area contributed by atoms with Gasteiger partial charge in [-0.25, -0.2) is 8.42 Å². The fourth-order valence-corrected chi connectivity index (χ4v) is 2.92. The van der Waals surface area contributed by atoms with Gasteiger partial charge in [0.15, 0.2) is 0 Å². The average molecular weight is 318 g/mol. The Balaban J connectivity index is 2.41. The van der Waals surface area contributed by atoms with Crippen LogP contribution < -0.4 is 4.72 Å². The van der Waals surface area contributed by atoms with E-state index in [1.807, 2.05) is 6.92 Å². The van der Waals surface area contributed by atoms with Crippen LogP contribution in [-0.2, 0) is 10.0 Å². The SMILES string of the molecule is Cc1ccc(S(=O)(=O)Nc2cc(C)c(O)c(N=[N+]=[N-])c2)cc1. The third kappa shape index (κ3) is 3.30. The third-order valence-electron chi connectivity index (χ3n) is 3.02. The summed E-state index contributed by atoms with van der Waals surface area (Å²) in [6, 6.07) is 9.12. The van der Waals surface area contributed by atoms with Crippen molar-refractivity contribution in [2.45, 2.75) is 18.7 Å². The van der Waals surface area contributed by atoms with Crippen LogP contribution in [0.2, 0.25) is 0 Å². The molecule has 2 N–H and O–H groups in total. The van der Waals surface area contributed by atoms with E-state index in [2.05, 4.69) is 14.7 Å². The van der Waals surface area contributed by atoms with Crippen LogP contribution in [0.3, 0.4) is 0 Å². The van der Waals surface area contributed by atoms with Gasteiger partial charge >= 0.3 is 0 Å². The Morgan fingerprint density at radius 1 is 1.18 bits per heavy atom. The second-order valence-corrected chi connectivity index (χ2v) is 6.45. The number of azide groups is 1. The van der Waals surface area contributed by atoms with Gasteiger partial charge in [-0.1, -0.05) is 22.8 Å². The van der Waals surface area contributed by atoms with Crippen molar-refractivity contribution in [1.82, 2.24) is 0 Å². The minimum absolute atomic E-state index is 0.0379. The van der Waals surface area contributed by atoms with Gasteiger partial charge in [-0.15, -0.1) is 0 Å². The number of nitrogens with one attached hydrogen (secondary N) is 1. The molecule has 0 atom stereocenters. The highest BCUT2D eigenvalue weighted by molar-refractivity contribution is 7.92. The number of anilines is 1. The molecule has 114 valence electrons. The smallest absolute Gasteiger partial charge is 0.261 e. The topological polar surface area (TPSA) is 115 Å². The number of hydrogen-bond acceptors (Lipinski definition) is 4. The maximum Gasteiger partial charge on any atom is 0.261 e. The predicted molar refractivity (Wildman–Crippen MR) is 83.6 cm³/mol. The Bertz CT molecular complexity index is 854. The first kappa shape index (κ1) is 15.7. The van der Waals surface area contributed by atoms with E-state index in [1.165, 1.54) is 24.3 Å². The van der Waals surface area contributed by atoms with Crippen LogP contribution in [-0.4, -0.2) is 13.5 Å². The largest absolute Gasteiger partial charge is 0.507 e. The summed E-state index contributed by atoms with van der Waals surface area (Å²) in [5.41, 5.74) is 9.98. The van der Waals surface area contributed by atoms with Crippen LogP contribution in [0.1, 0.15) is 11.1 Å². The van der Waals surface area contributed by atoms with Gasteiger partial charge in [0.2, 0.25) is 0 Å². The molecule has 0 fully saturated rings. The molecule has 0 bridgehead atoms. The lowest BCUT2D eigenvalue weighted by atomic mass is 10.2. The van der Waals surface area contributed by atoms with Crippen LogP contribution in [0.25, 0.3) is 10.4 Å². The number of phenols is 1. The van der Waals surface area contributed by atoms with Gasteiger partial charge in [-0.2, -0.15) is 0 Å². The third-order valence-corrected chi connectivity index (χ3v) is 4.41. The Labute approximate surface area is 127 Å². The minimum Gasteiger partial charge on any atom is -0.507 e. The summed E-state index contributed by atoms with van der Waals surface area (Å²) in [7, 11) is -3.76. The predicted octanol–water partition coefficient (Wildman–Crippen LogP) is 3.75. The number of aromatic hydroxyl groups is 1. The first-order valence-electron chi connectivity index (χ1n) is 6.31. The summed E-state index contributed by atoms with van der Waals surface area (Å²) >= 11 is 0. The lowest BCUT2D eigenvalue weighted by Crippen LogP contribution is -2.13. The molecule has 0 radical (unpaired) electrons. The first-order valence-corrected chi connectivity index (χ1v) is 7.80. The molecule has 0 aromatic heterocycles. The van der Waals surface area contributed by atoms with Crippen molar-refractivity contribution in [3.8, 4) is 5.75 Å². The zero-order chi connectivity index (χ0) is 16.3. The lowest BCUT2D eigenvalue weighted by molar-refractivity contribution is 0.472. The number of phenolic OH excluding ortho intramolecular Hbond substituents is 1. The van der Waals surface area contributed by atoms with Gasteiger partial charge in [0.25, 0.3) is 10.0 Å². The van der Waals surface area contributed by atoms with Crippen molar-refractivity contribution < 1.29 is 13.5 Å². The summed E-state index contributed by atoms with van der Waals surface area (Å²) in [6.45, 7) is 3.44. The normalized spacial score (nSPS) is 10.8. The quantitative estimate of drug-likeness (QED) is 0.387. The molecule has 0 aliphatic heterocycles. The molecular formula is C14H14N4O3S. The average Bonchev–Trinajstić information content (AvgIpc) is 2.44. The van der Waals surface area contributed by atoms with E-state index in [0.717, 1.165) is 5.56 Å². The lowest BCUT2D eigenvalue weighted by Gasteiger charge is -2.11. The summed E-state index contributed by atoms with van der Waals surface area (Å²) in [5.74, 6) is -0.184. The molecule has 7 nitrogen and oxygen atoms in total. The second kappa shape index (κ2) is 5.97. The number of rotatable bonds is 4. The van der Waals surface area contributed by atoms with E-state index in [-0.39, 0.29) is 22.0 Å². The molecule has 22 heavy (non-hydrogen) atoms. The van der Waals surface area contributed by atoms with Crippen LogP contribution in [0.4, 0.5) is 11.4 Å². The first-order chi connectivity index (χ1) is 10.3. The molecule has 0 amide bonds. The van der Waals surface area contributed by atoms with E-state index < -0.39 is 10.0 Å². The van der Waals surface area contributed by atoms with Crippen molar-refractivity contribution in [3.05, 3.63) is 58.0 Å². The van der Waals surface area contributed by atoms with E-state index in [9.17, 15) is 13.5 Å². The summed E-state index contributed by atoms with van der Waals surface area (Å²) in [5, 5.41) is 13.1. The molecule has 0 heterocycles. The van der Waals surface area contributed by atoms with Gasteiger partial charge in [0.1, 0.15) is 5.75 Å². The maximum absolute atomic E-state index is 12.3. The fourth-order valence-electron chi connectivity index (χ4n) is 1.88. The molecule has 0 saturated heterocycles. The molecule has 0 spiro atoms. The highest BCUT2D eigenvalue weighted by atomic mass is 32.2. The van der Waals surface area contributed by atoms with Crippen molar-refractivity contribution in [2.75, 3.05) is 4.72 Å². The van der Waals surface area contributed by atoms with Gasteiger partial charge < -0.3 is 5.11 Å². The molecule has 0 saturated carbocycles. The van der Waals surface area contributed by atoms with Crippen molar-refractivity contribution in [3.63, 3.8) is 0 Å². The van der Waals surface area contributed by atoms with Crippen LogP contribution in [0.15, 0.2) is 46.4 Å². The highest BCUT2D eigenvalue weighted by Crippen LogP contribution is 2.34. The fraction of sp³-hybridized carbons (Fsp3) is 0.143. The zero-order valence-corrected chi connectivity index (χ0v) is 12.8. The van der Waals surface area contributed by atoms with E-state index in [1.54, 1.807) is 19.1 Å². The van der Waals surface area contributed by atoms with Gasteiger partial charge in [0, 0.05) is 10.6 Å². The Morgan fingerprint density at radius 2 is 1.82 bits per heavy atom. The van der Waals surface area contributed by atoms with E-state index in [4.69, 9.17) is 5.53 Å². The molecule has 0 aliphatic rings. The van der Waals surface area contributed by atoms with Crippen LogP contribution in [0, 0.1) is 13.8 Å². The summed E-state index contributed by atoms with van der Waals surface area (Å²) in [4.78, 5) is 2.72. The van der Waals surface area contributed by atoms with Gasteiger partial charge in [-0.3, -0.25) is 4.72 Å². The molecular weight excluding hydrogens is 304 g/mol. The van der Waals surface area contributed by atoms with Crippen LogP contribution in [0.5, 0.6) is 5.75 Å². The zero-order valence-electron chi connectivity index (χ0n) is 12.0. The molecule has 2 rings (SSSR count). The summed E-state index contributed by atoms with van der Waals surface area (Å²) < 4.78 is 27.0. The number of sulfonamides is 1. The number of nitrogens with zero attached hydrogens (tertiary/aromatic N) is 3. The number of hydrogen-bond donors (Lipinski definition) is 2. The van der Waals surface area contributed by atoms with Crippen molar-refractivity contribution in [2.24, 2.45) is 5.11 Å². The van der Waals surface area contributed by atoms with Gasteiger partial charge in [0.05, 0.1) is 10.6 Å². The van der Waals surface area contributed by atoms with Crippen LogP contribution >= 0.6 is 0 Å².